The second-order valence-corrected chi connectivity index (χ2v) is 7.63. The molecule has 138 valence electrons. The summed E-state index contributed by atoms with van der Waals surface area (Å²) in [5.41, 5.74) is 5.42. The predicted octanol–water partition coefficient (Wildman–Crippen LogP) is 4.51. The molecule has 0 saturated heterocycles. The van der Waals surface area contributed by atoms with Gasteiger partial charge in [-0.05, 0) is 31.8 Å². The summed E-state index contributed by atoms with van der Waals surface area (Å²) in [5, 5.41) is 1.22. The lowest BCUT2D eigenvalue weighted by Crippen LogP contribution is -2.24. The highest BCUT2D eigenvalue weighted by Crippen LogP contribution is 2.35. The lowest BCUT2D eigenvalue weighted by molar-refractivity contribution is -0.458. The first-order valence-corrected chi connectivity index (χ1v) is 9.44. The molecule has 0 spiro atoms. The van der Waals surface area contributed by atoms with E-state index in [2.05, 4.69) is 88.7 Å². The second kappa shape index (κ2) is 6.87. The Bertz CT molecular complexity index is 1130. The van der Waals surface area contributed by atoms with Crippen LogP contribution in [0.25, 0.3) is 27.7 Å². The molecule has 0 amide bonds. The van der Waals surface area contributed by atoms with Gasteiger partial charge in [0, 0.05) is 5.39 Å². The van der Waals surface area contributed by atoms with Gasteiger partial charge in [-0.2, -0.15) is 0 Å². The van der Waals surface area contributed by atoms with Crippen molar-refractivity contribution in [3.63, 3.8) is 0 Å². The molecule has 0 fully saturated rings. The number of alkyl halides is 1. The first-order chi connectivity index (χ1) is 13.0. The summed E-state index contributed by atoms with van der Waals surface area (Å²) in [6, 6.07) is 21.1. The van der Waals surface area contributed by atoms with E-state index in [9.17, 15) is 0 Å². The van der Waals surface area contributed by atoms with Crippen LogP contribution in [0.5, 0.6) is 0 Å². The molecule has 4 aromatic rings. The molecule has 2 heterocycles. The standard InChI is InChI=1S/C22H24ClN4/c1-24(2)15-18-17-12-8-9-13-19(17)26-21(18)14-20(16-10-6-5-7-11-16)27(26)22(23)25(3)4/h5-15,22H,1-4H3/q+1. The SMILES string of the molecule is CN(C)C(Cl)n1c(-c2ccccc2)cc2c(C=[N+](C)C)c3ccccc3n21. The Morgan fingerprint density at radius 2 is 1.63 bits per heavy atom. The predicted molar refractivity (Wildman–Crippen MR) is 114 cm³/mol. The van der Waals surface area contributed by atoms with Gasteiger partial charge in [-0.3, -0.25) is 4.90 Å². The number of hydrogen-bond donors (Lipinski definition) is 0. The Hall–Kier alpha value is -2.56. The average Bonchev–Trinajstić information content (AvgIpc) is 3.18. The molecule has 27 heavy (non-hydrogen) atoms. The first-order valence-electron chi connectivity index (χ1n) is 9.01. The number of nitrogens with zero attached hydrogens (tertiary/aromatic N) is 4. The summed E-state index contributed by atoms with van der Waals surface area (Å²) >= 11 is 6.88. The molecular weight excluding hydrogens is 356 g/mol. The average molecular weight is 380 g/mol. The van der Waals surface area contributed by atoms with E-state index in [1.165, 1.54) is 10.9 Å². The zero-order valence-corrected chi connectivity index (χ0v) is 16.9. The topological polar surface area (TPSA) is 15.6 Å². The Kier molecular flexibility index (Phi) is 4.54. The summed E-state index contributed by atoms with van der Waals surface area (Å²) in [7, 11) is 8.10. The third kappa shape index (κ3) is 2.95. The molecule has 0 N–H and O–H groups in total. The van der Waals surface area contributed by atoms with Crippen molar-refractivity contribution in [1.29, 1.82) is 0 Å². The lowest BCUT2D eigenvalue weighted by Gasteiger charge is -2.23. The lowest BCUT2D eigenvalue weighted by atomic mass is 10.1. The van der Waals surface area contributed by atoms with Crippen LogP contribution < -0.4 is 0 Å². The summed E-state index contributed by atoms with van der Waals surface area (Å²) in [4.78, 5) is 2.01. The van der Waals surface area contributed by atoms with E-state index < -0.39 is 0 Å². The second-order valence-electron chi connectivity index (χ2n) is 7.24. The van der Waals surface area contributed by atoms with E-state index >= 15 is 0 Å². The van der Waals surface area contributed by atoms with Crippen molar-refractivity contribution in [3.05, 3.63) is 66.2 Å². The molecule has 0 aliphatic rings. The molecule has 0 bridgehead atoms. The molecular formula is C22H24ClN4+. The largest absolute Gasteiger partial charge is 0.275 e. The normalized spacial score (nSPS) is 12.8. The van der Waals surface area contributed by atoms with Crippen molar-refractivity contribution in [2.24, 2.45) is 0 Å². The van der Waals surface area contributed by atoms with Gasteiger partial charge in [0.2, 0.25) is 0 Å². The highest BCUT2D eigenvalue weighted by atomic mass is 35.5. The van der Waals surface area contributed by atoms with Crippen molar-refractivity contribution in [1.82, 2.24) is 14.1 Å². The molecule has 4 rings (SSSR count). The highest BCUT2D eigenvalue weighted by molar-refractivity contribution is 6.19. The minimum Gasteiger partial charge on any atom is -0.275 e. The van der Waals surface area contributed by atoms with Gasteiger partial charge in [-0.25, -0.2) is 13.8 Å². The summed E-state index contributed by atoms with van der Waals surface area (Å²) in [6.07, 6.45) is 2.18. The quantitative estimate of drug-likeness (QED) is 0.220. The maximum absolute atomic E-state index is 6.88. The maximum atomic E-state index is 6.88. The van der Waals surface area contributed by atoms with Gasteiger partial charge in [0.05, 0.1) is 22.3 Å². The smallest absolute Gasteiger partial charge is 0.178 e. The van der Waals surface area contributed by atoms with Crippen LogP contribution >= 0.6 is 11.6 Å². The zero-order valence-electron chi connectivity index (χ0n) is 16.1. The van der Waals surface area contributed by atoms with Gasteiger partial charge in [0.25, 0.3) is 0 Å². The molecule has 2 aromatic carbocycles. The molecule has 0 aliphatic carbocycles. The van der Waals surface area contributed by atoms with E-state index in [1.807, 2.05) is 25.1 Å². The van der Waals surface area contributed by atoms with Crippen LogP contribution in [0, 0.1) is 0 Å². The number of fused-ring (bicyclic) bond motifs is 3. The number of benzene rings is 2. The van der Waals surface area contributed by atoms with Crippen LogP contribution in [-0.2, 0) is 0 Å². The first kappa shape index (κ1) is 17.8. The Balaban J connectivity index is 2.17. The van der Waals surface area contributed by atoms with Gasteiger partial charge in [0.1, 0.15) is 14.1 Å². The molecule has 4 nitrogen and oxygen atoms in total. The van der Waals surface area contributed by atoms with E-state index in [-0.39, 0.29) is 5.62 Å². The number of halogens is 1. The number of hydrogen-bond acceptors (Lipinski definition) is 1. The van der Waals surface area contributed by atoms with Crippen molar-refractivity contribution in [2.75, 3.05) is 28.2 Å². The third-order valence-electron chi connectivity index (χ3n) is 4.75. The monoisotopic (exact) mass is 379 g/mol. The summed E-state index contributed by atoms with van der Waals surface area (Å²) < 4.78 is 6.50. The van der Waals surface area contributed by atoms with Crippen LogP contribution in [0.2, 0.25) is 0 Å². The molecule has 2 aromatic heterocycles. The van der Waals surface area contributed by atoms with Crippen LogP contribution in [0.1, 0.15) is 11.2 Å². The van der Waals surface area contributed by atoms with Crippen LogP contribution in [-0.4, -0.2) is 53.1 Å². The fraction of sp³-hybridized carbons (Fsp3) is 0.227. The summed E-state index contributed by atoms with van der Waals surface area (Å²) in [5.74, 6) is 0. The van der Waals surface area contributed by atoms with E-state index in [0.717, 1.165) is 22.3 Å². The van der Waals surface area contributed by atoms with Gasteiger partial charge in [-0.15, -0.1) is 0 Å². The van der Waals surface area contributed by atoms with E-state index in [0.29, 0.717) is 0 Å². The number of para-hydroxylation sites is 1. The minimum absolute atomic E-state index is 0.319. The minimum atomic E-state index is -0.319. The Morgan fingerprint density at radius 3 is 2.30 bits per heavy atom. The van der Waals surface area contributed by atoms with Crippen LogP contribution in [0.3, 0.4) is 0 Å². The summed E-state index contributed by atoms with van der Waals surface area (Å²) in [6.45, 7) is 0. The molecule has 0 radical (unpaired) electrons. The Labute approximate surface area is 164 Å². The third-order valence-corrected chi connectivity index (χ3v) is 5.32. The molecule has 1 atom stereocenters. The van der Waals surface area contributed by atoms with Gasteiger partial charge in [-0.1, -0.05) is 60.1 Å². The zero-order chi connectivity index (χ0) is 19.1. The Morgan fingerprint density at radius 1 is 0.963 bits per heavy atom. The van der Waals surface area contributed by atoms with Crippen LogP contribution in [0.15, 0.2) is 60.7 Å². The highest BCUT2D eigenvalue weighted by Gasteiger charge is 2.24. The van der Waals surface area contributed by atoms with E-state index in [1.54, 1.807) is 0 Å². The van der Waals surface area contributed by atoms with E-state index in [4.69, 9.17) is 11.6 Å². The number of rotatable bonds is 4. The van der Waals surface area contributed by atoms with Crippen molar-refractivity contribution >= 4 is 34.2 Å². The molecule has 0 aliphatic heterocycles. The van der Waals surface area contributed by atoms with Crippen molar-refractivity contribution < 1.29 is 4.58 Å². The van der Waals surface area contributed by atoms with Gasteiger partial charge >= 0.3 is 0 Å². The fourth-order valence-electron chi connectivity index (χ4n) is 3.59. The molecule has 0 saturated carbocycles. The van der Waals surface area contributed by atoms with Gasteiger partial charge < -0.3 is 0 Å². The van der Waals surface area contributed by atoms with Gasteiger partial charge in [0.15, 0.2) is 11.8 Å². The van der Waals surface area contributed by atoms with Crippen molar-refractivity contribution in [3.8, 4) is 11.3 Å². The fourth-order valence-corrected chi connectivity index (χ4v) is 3.78. The number of aromatic nitrogens is 2. The molecule has 1 unspecified atom stereocenters. The van der Waals surface area contributed by atoms with Crippen LogP contribution in [0.4, 0.5) is 0 Å². The maximum Gasteiger partial charge on any atom is 0.178 e. The van der Waals surface area contributed by atoms with Crippen molar-refractivity contribution in [2.45, 2.75) is 5.62 Å². The molecule has 5 heteroatoms.